The highest BCUT2D eigenvalue weighted by Crippen LogP contribution is 2.24. The van der Waals surface area contributed by atoms with E-state index in [1.807, 2.05) is 43.3 Å². The second-order valence-electron chi connectivity index (χ2n) is 6.51. The Morgan fingerprint density at radius 2 is 1.62 bits per heavy atom. The molecule has 0 bridgehead atoms. The summed E-state index contributed by atoms with van der Waals surface area (Å²) < 4.78 is 0. The van der Waals surface area contributed by atoms with Crippen molar-refractivity contribution in [3.05, 3.63) is 65.5 Å². The van der Waals surface area contributed by atoms with Crippen molar-refractivity contribution in [2.75, 3.05) is 26.2 Å². The first-order valence-electron chi connectivity index (χ1n) is 8.82. The zero-order valence-corrected chi connectivity index (χ0v) is 15.2. The molecule has 1 aromatic carbocycles. The number of aryl methyl sites for hydroxylation is 1. The van der Waals surface area contributed by atoms with Gasteiger partial charge in [-0.1, -0.05) is 24.3 Å². The molecule has 1 N–H and O–H groups in total. The third kappa shape index (κ3) is 4.02. The Bertz CT molecular complexity index is 770. The van der Waals surface area contributed by atoms with Crippen molar-refractivity contribution >= 4 is 11.9 Å². The van der Waals surface area contributed by atoms with E-state index in [0.29, 0.717) is 26.2 Å². The highest BCUT2D eigenvalue weighted by molar-refractivity contribution is 5.77. The number of hydrogen-bond donors (Lipinski definition) is 1. The van der Waals surface area contributed by atoms with Gasteiger partial charge in [-0.05, 0) is 35.7 Å². The lowest BCUT2D eigenvalue weighted by molar-refractivity contribution is -0.130. The molecule has 3 rings (SSSR count). The molecule has 1 aliphatic heterocycles. The molecule has 0 spiro atoms. The van der Waals surface area contributed by atoms with E-state index in [9.17, 15) is 9.59 Å². The molecule has 0 saturated carbocycles. The van der Waals surface area contributed by atoms with E-state index in [4.69, 9.17) is 0 Å². The van der Waals surface area contributed by atoms with E-state index in [0.717, 1.165) is 16.7 Å². The first kappa shape index (κ1) is 17.9. The molecule has 0 radical (unpaired) electrons. The Morgan fingerprint density at radius 1 is 1.00 bits per heavy atom. The van der Waals surface area contributed by atoms with Crippen LogP contribution in [0.1, 0.15) is 29.7 Å². The van der Waals surface area contributed by atoms with E-state index in [-0.39, 0.29) is 18.0 Å². The first-order chi connectivity index (χ1) is 12.6. The third-order valence-electron chi connectivity index (χ3n) is 4.82. The number of urea groups is 1. The molecule has 2 heterocycles. The Kier molecular flexibility index (Phi) is 5.51. The maximum Gasteiger partial charge on any atom is 0.318 e. The Morgan fingerprint density at radius 3 is 2.23 bits per heavy atom. The van der Waals surface area contributed by atoms with E-state index in [2.05, 4.69) is 10.3 Å². The van der Waals surface area contributed by atoms with Crippen molar-refractivity contribution in [3.8, 4) is 0 Å². The summed E-state index contributed by atoms with van der Waals surface area (Å²) in [5.41, 5.74) is 3.18. The summed E-state index contributed by atoms with van der Waals surface area (Å²) in [5, 5.41) is 3.16. The predicted octanol–water partition coefficient (Wildman–Crippen LogP) is 2.35. The van der Waals surface area contributed by atoms with E-state index >= 15 is 0 Å². The summed E-state index contributed by atoms with van der Waals surface area (Å²) in [7, 11) is 0. The minimum Gasteiger partial charge on any atom is -0.339 e. The second kappa shape index (κ2) is 7.99. The van der Waals surface area contributed by atoms with Gasteiger partial charge in [-0.25, -0.2) is 4.79 Å². The van der Waals surface area contributed by atoms with Gasteiger partial charge in [0.25, 0.3) is 0 Å². The molecule has 26 heavy (non-hydrogen) atoms. The average molecular weight is 352 g/mol. The van der Waals surface area contributed by atoms with Gasteiger partial charge in [-0.15, -0.1) is 0 Å². The van der Waals surface area contributed by atoms with Crippen LogP contribution in [0.25, 0.3) is 0 Å². The van der Waals surface area contributed by atoms with Gasteiger partial charge in [0.15, 0.2) is 0 Å². The number of benzene rings is 1. The molecule has 1 aliphatic rings. The summed E-state index contributed by atoms with van der Waals surface area (Å²) in [6, 6.07) is 11.5. The number of nitrogens with zero attached hydrogens (tertiary/aromatic N) is 3. The number of pyridine rings is 1. The van der Waals surface area contributed by atoms with Crippen molar-refractivity contribution in [1.82, 2.24) is 20.1 Å². The largest absolute Gasteiger partial charge is 0.339 e. The topological polar surface area (TPSA) is 65.5 Å². The van der Waals surface area contributed by atoms with Crippen molar-refractivity contribution in [3.63, 3.8) is 0 Å². The number of amides is 3. The lowest BCUT2D eigenvalue weighted by Gasteiger charge is -2.35. The van der Waals surface area contributed by atoms with E-state index < -0.39 is 0 Å². The molecule has 0 aliphatic carbocycles. The molecule has 1 atom stereocenters. The van der Waals surface area contributed by atoms with Crippen molar-refractivity contribution in [1.29, 1.82) is 0 Å². The van der Waals surface area contributed by atoms with Crippen LogP contribution in [0.4, 0.5) is 4.79 Å². The quantitative estimate of drug-likeness (QED) is 0.922. The molecule has 1 unspecified atom stereocenters. The number of hydrogen-bond acceptors (Lipinski definition) is 3. The van der Waals surface area contributed by atoms with Gasteiger partial charge in [-0.2, -0.15) is 0 Å². The molecule has 1 fully saturated rings. The maximum atomic E-state index is 12.8. The molecule has 2 aromatic rings. The third-order valence-corrected chi connectivity index (χ3v) is 4.82. The minimum absolute atomic E-state index is 0.0552. The summed E-state index contributed by atoms with van der Waals surface area (Å²) in [4.78, 5) is 31.9. The van der Waals surface area contributed by atoms with Crippen LogP contribution in [0.15, 0.2) is 48.8 Å². The van der Waals surface area contributed by atoms with Gasteiger partial charge in [0, 0.05) is 45.5 Å². The molecule has 1 saturated heterocycles. The maximum absolute atomic E-state index is 12.8. The summed E-state index contributed by atoms with van der Waals surface area (Å²) in [5.74, 6) is 0.0552. The van der Waals surface area contributed by atoms with Gasteiger partial charge >= 0.3 is 6.03 Å². The minimum atomic E-state index is -0.238. The van der Waals surface area contributed by atoms with Gasteiger partial charge in [0.1, 0.15) is 0 Å². The molecular formula is C20H24N4O2. The van der Waals surface area contributed by atoms with Crippen LogP contribution in [0.2, 0.25) is 0 Å². The van der Waals surface area contributed by atoms with Crippen LogP contribution in [-0.4, -0.2) is 52.9 Å². The number of aromatic nitrogens is 1. The SMILES string of the molecule is CC(=O)N1CCN(C(=O)NC(c2ccncc2)c2ccccc2C)CC1. The highest BCUT2D eigenvalue weighted by Gasteiger charge is 2.25. The molecule has 1 aromatic heterocycles. The fourth-order valence-electron chi connectivity index (χ4n) is 3.25. The van der Waals surface area contributed by atoms with Crippen LogP contribution in [0.5, 0.6) is 0 Å². The van der Waals surface area contributed by atoms with Gasteiger partial charge < -0.3 is 15.1 Å². The number of carbonyl (C=O) groups excluding carboxylic acids is 2. The van der Waals surface area contributed by atoms with E-state index in [1.54, 1.807) is 29.1 Å². The lowest BCUT2D eigenvalue weighted by Crippen LogP contribution is -2.53. The number of carbonyl (C=O) groups is 2. The average Bonchev–Trinajstić information content (AvgIpc) is 2.67. The fraction of sp³-hybridized carbons (Fsp3) is 0.350. The van der Waals surface area contributed by atoms with E-state index in [1.165, 1.54) is 0 Å². The fourth-order valence-corrected chi connectivity index (χ4v) is 3.25. The summed E-state index contributed by atoms with van der Waals surface area (Å²) in [6.07, 6.45) is 3.47. The monoisotopic (exact) mass is 352 g/mol. The Balaban J connectivity index is 1.78. The van der Waals surface area contributed by atoms with Crippen LogP contribution in [0, 0.1) is 6.92 Å². The number of rotatable bonds is 3. The molecule has 3 amide bonds. The summed E-state index contributed by atoms with van der Waals surface area (Å²) in [6.45, 7) is 5.85. The Labute approximate surface area is 153 Å². The standard InChI is InChI=1S/C20H24N4O2/c1-15-5-3-4-6-18(15)19(17-7-9-21-10-8-17)22-20(26)24-13-11-23(12-14-24)16(2)25/h3-10,19H,11-14H2,1-2H3,(H,22,26). The van der Waals surface area contributed by atoms with Crippen LogP contribution in [-0.2, 0) is 4.79 Å². The number of piperazine rings is 1. The summed E-state index contributed by atoms with van der Waals surface area (Å²) >= 11 is 0. The number of nitrogens with one attached hydrogen (secondary N) is 1. The van der Waals surface area contributed by atoms with Crippen LogP contribution in [0.3, 0.4) is 0 Å². The van der Waals surface area contributed by atoms with Gasteiger partial charge in [-0.3, -0.25) is 9.78 Å². The molecule has 6 nitrogen and oxygen atoms in total. The van der Waals surface area contributed by atoms with Crippen molar-refractivity contribution in [2.24, 2.45) is 0 Å². The van der Waals surface area contributed by atoms with Gasteiger partial charge in [0.2, 0.25) is 5.91 Å². The normalized spacial score (nSPS) is 15.5. The zero-order valence-electron chi connectivity index (χ0n) is 15.2. The Hall–Kier alpha value is -2.89. The predicted molar refractivity (Wildman–Crippen MR) is 99.6 cm³/mol. The van der Waals surface area contributed by atoms with Crippen LogP contribution < -0.4 is 5.32 Å². The highest BCUT2D eigenvalue weighted by atomic mass is 16.2. The second-order valence-corrected chi connectivity index (χ2v) is 6.51. The van der Waals surface area contributed by atoms with Crippen molar-refractivity contribution < 1.29 is 9.59 Å². The molecule has 6 heteroatoms. The molecule has 136 valence electrons. The first-order valence-corrected chi connectivity index (χ1v) is 8.82. The lowest BCUT2D eigenvalue weighted by atomic mass is 9.96. The van der Waals surface area contributed by atoms with Crippen molar-refractivity contribution in [2.45, 2.75) is 19.9 Å². The smallest absolute Gasteiger partial charge is 0.318 e. The molecular weight excluding hydrogens is 328 g/mol. The van der Waals surface area contributed by atoms with Gasteiger partial charge in [0.05, 0.1) is 6.04 Å². The van der Waals surface area contributed by atoms with Crippen LogP contribution >= 0.6 is 0 Å². The zero-order chi connectivity index (χ0) is 18.5.